The van der Waals surface area contributed by atoms with Gasteiger partial charge in [-0.15, -0.1) is 0 Å². The molecule has 0 aliphatic rings. The molecule has 4 N–H and O–H groups in total. The molecule has 0 unspecified atom stereocenters. The third kappa shape index (κ3) is 3.12. The lowest BCUT2D eigenvalue weighted by molar-refractivity contribution is -0.697. The first-order valence-electron chi connectivity index (χ1n) is 7.15. The van der Waals surface area contributed by atoms with Crippen molar-refractivity contribution in [2.45, 2.75) is 40.2 Å². The van der Waals surface area contributed by atoms with Crippen molar-refractivity contribution in [2.24, 2.45) is 0 Å². The zero-order valence-electron chi connectivity index (χ0n) is 13.1. The van der Waals surface area contributed by atoms with Crippen LogP contribution in [0.25, 0.3) is 0 Å². The first kappa shape index (κ1) is 17.1. The van der Waals surface area contributed by atoms with E-state index in [0.717, 1.165) is 0 Å². The fraction of sp³-hybridized carbons (Fsp3) is 0.375. The molecule has 0 aromatic carbocycles. The topological polar surface area (TPSA) is 121 Å². The molecule has 0 spiro atoms. The average molecular weight is 320 g/mol. The summed E-state index contributed by atoms with van der Waals surface area (Å²) in [6.45, 7) is 2.28. The largest absolute Gasteiger partial charge is 0.868 e. The van der Waals surface area contributed by atoms with Crippen LogP contribution in [0.2, 0.25) is 0 Å². The number of aliphatic hydroxyl groups excluding tert-OH is 3. The Balaban J connectivity index is 2.58. The normalized spacial score (nSPS) is 11.0. The van der Waals surface area contributed by atoms with Crippen molar-refractivity contribution in [3.05, 3.63) is 46.0 Å². The maximum absolute atomic E-state index is 12.3. The summed E-state index contributed by atoms with van der Waals surface area (Å²) in [6.07, 6.45) is 3.05. The monoisotopic (exact) mass is 320 g/mol. The highest BCUT2D eigenvalue weighted by molar-refractivity contribution is 5.40. The van der Waals surface area contributed by atoms with E-state index in [1.54, 1.807) is 24.6 Å². The first-order chi connectivity index (χ1) is 10.9. The highest BCUT2D eigenvalue weighted by Crippen LogP contribution is 2.25. The van der Waals surface area contributed by atoms with E-state index in [2.05, 4.69) is 4.98 Å². The third-order valence-corrected chi connectivity index (χ3v) is 3.99. The summed E-state index contributed by atoms with van der Waals surface area (Å²) in [6, 6.07) is 0. The van der Waals surface area contributed by atoms with Crippen LogP contribution in [-0.4, -0.2) is 25.4 Å². The SMILES string of the molecule is Cc1ncc(CO)c(C[n+]2cc(CO)c(CO)c([O-])c2C)c1O. The second-order valence-electron chi connectivity index (χ2n) is 5.35. The van der Waals surface area contributed by atoms with E-state index >= 15 is 0 Å². The van der Waals surface area contributed by atoms with E-state index in [4.69, 9.17) is 0 Å². The lowest BCUT2D eigenvalue weighted by Crippen LogP contribution is -2.40. The lowest BCUT2D eigenvalue weighted by Gasteiger charge is -2.18. The fourth-order valence-electron chi connectivity index (χ4n) is 2.50. The zero-order chi connectivity index (χ0) is 17.1. The molecule has 2 aromatic rings. The molecule has 124 valence electrons. The molecule has 0 bridgehead atoms. The summed E-state index contributed by atoms with van der Waals surface area (Å²) in [5.41, 5.74) is 2.21. The van der Waals surface area contributed by atoms with Gasteiger partial charge in [-0.2, -0.15) is 4.57 Å². The van der Waals surface area contributed by atoms with Gasteiger partial charge in [0.05, 0.1) is 31.1 Å². The predicted octanol–water partition coefficient (Wildman–Crippen LogP) is -0.710. The summed E-state index contributed by atoms with van der Waals surface area (Å²) in [5.74, 6) is -0.387. The van der Waals surface area contributed by atoms with Gasteiger partial charge in [0, 0.05) is 24.2 Å². The molecule has 23 heavy (non-hydrogen) atoms. The Labute approximate surface area is 133 Å². The van der Waals surface area contributed by atoms with Crippen molar-refractivity contribution in [3.63, 3.8) is 0 Å². The molecule has 0 radical (unpaired) electrons. The Hall–Kier alpha value is -2.22. The molecule has 0 atom stereocenters. The van der Waals surface area contributed by atoms with Crippen LogP contribution in [-0.2, 0) is 26.4 Å². The van der Waals surface area contributed by atoms with Gasteiger partial charge in [0.1, 0.15) is 5.75 Å². The number of pyridine rings is 2. The van der Waals surface area contributed by atoms with Crippen LogP contribution in [0.15, 0.2) is 12.4 Å². The standard InChI is InChI=1S/C16H20N2O5/c1-9-15(22)13(11(6-19)3-17-9)5-18-4-12(7-20)14(8-21)16(23)10(18)2/h3-4,19-21H,5-8H2,1-2H3,(H-,22,23). The maximum atomic E-state index is 12.3. The van der Waals surface area contributed by atoms with Crippen LogP contribution < -0.4 is 9.67 Å². The smallest absolute Gasteiger partial charge is 0.178 e. The number of rotatable bonds is 5. The van der Waals surface area contributed by atoms with Crippen molar-refractivity contribution in [1.29, 1.82) is 0 Å². The van der Waals surface area contributed by atoms with Crippen LogP contribution in [0.4, 0.5) is 0 Å². The number of aromatic nitrogens is 2. The van der Waals surface area contributed by atoms with E-state index in [0.29, 0.717) is 28.1 Å². The van der Waals surface area contributed by atoms with Crippen molar-refractivity contribution in [2.75, 3.05) is 0 Å². The van der Waals surface area contributed by atoms with Crippen molar-refractivity contribution >= 4 is 0 Å². The van der Waals surface area contributed by atoms with Crippen LogP contribution in [0.1, 0.15) is 33.6 Å². The highest BCUT2D eigenvalue weighted by atomic mass is 16.3. The van der Waals surface area contributed by atoms with Crippen LogP contribution in [0, 0.1) is 13.8 Å². The molecule has 2 rings (SSSR count). The van der Waals surface area contributed by atoms with E-state index in [9.17, 15) is 25.5 Å². The van der Waals surface area contributed by atoms with Gasteiger partial charge in [0.25, 0.3) is 0 Å². The average Bonchev–Trinajstić information content (AvgIpc) is 2.55. The molecule has 0 fully saturated rings. The van der Waals surface area contributed by atoms with E-state index in [-0.39, 0.29) is 36.8 Å². The minimum absolute atomic E-state index is 0.0346. The molecule has 7 heteroatoms. The van der Waals surface area contributed by atoms with Gasteiger partial charge in [0.15, 0.2) is 18.4 Å². The summed E-state index contributed by atoms with van der Waals surface area (Å²) < 4.78 is 1.58. The van der Waals surface area contributed by atoms with Gasteiger partial charge in [0.2, 0.25) is 0 Å². The molecule has 7 nitrogen and oxygen atoms in total. The molecular weight excluding hydrogens is 300 g/mol. The van der Waals surface area contributed by atoms with Gasteiger partial charge in [-0.25, -0.2) is 0 Å². The molecule has 0 aliphatic heterocycles. The summed E-state index contributed by atoms with van der Waals surface area (Å²) >= 11 is 0. The Morgan fingerprint density at radius 2 is 1.70 bits per heavy atom. The highest BCUT2D eigenvalue weighted by Gasteiger charge is 2.20. The first-order valence-corrected chi connectivity index (χ1v) is 7.15. The predicted molar refractivity (Wildman–Crippen MR) is 78.3 cm³/mol. The van der Waals surface area contributed by atoms with Crippen molar-refractivity contribution in [1.82, 2.24) is 4.98 Å². The van der Waals surface area contributed by atoms with E-state index in [1.165, 1.54) is 6.20 Å². The van der Waals surface area contributed by atoms with Gasteiger partial charge in [-0.1, -0.05) is 0 Å². The number of aromatic hydroxyl groups is 1. The molecular formula is C16H20N2O5. The molecule has 0 saturated heterocycles. The maximum Gasteiger partial charge on any atom is 0.178 e. The summed E-state index contributed by atoms with van der Waals surface area (Å²) in [5, 5.41) is 50.6. The minimum atomic E-state index is -0.447. The molecule has 0 saturated carbocycles. The number of hydrogen-bond donors (Lipinski definition) is 4. The molecule has 2 aromatic heterocycles. The molecule has 0 amide bonds. The second-order valence-corrected chi connectivity index (χ2v) is 5.35. The summed E-state index contributed by atoms with van der Waals surface area (Å²) in [7, 11) is 0. The Bertz CT molecular complexity index is 731. The van der Waals surface area contributed by atoms with Crippen LogP contribution in [0.3, 0.4) is 0 Å². The number of nitrogens with zero attached hydrogens (tertiary/aromatic N) is 2. The lowest BCUT2D eigenvalue weighted by atomic mass is 10.1. The van der Waals surface area contributed by atoms with E-state index in [1.807, 2.05) is 0 Å². The van der Waals surface area contributed by atoms with Gasteiger partial charge in [-0.3, -0.25) is 4.98 Å². The number of aryl methyl sites for hydroxylation is 1. The number of hydrogen-bond acceptors (Lipinski definition) is 6. The Kier molecular flexibility index (Phi) is 5.15. The van der Waals surface area contributed by atoms with Crippen LogP contribution in [0.5, 0.6) is 11.5 Å². The third-order valence-electron chi connectivity index (χ3n) is 3.99. The fourth-order valence-corrected chi connectivity index (χ4v) is 2.50. The van der Waals surface area contributed by atoms with Gasteiger partial charge in [-0.05, 0) is 18.2 Å². The van der Waals surface area contributed by atoms with Gasteiger partial charge >= 0.3 is 0 Å². The molecule has 2 heterocycles. The Morgan fingerprint density at radius 3 is 2.26 bits per heavy atom. The van der Waals surface area contributed by atoms with Gasteiger partial charge < -0.3 is 25.5 Å². The van der Waals surface area contributed by atoms with Crippen LogP contribution >= 0.6 is 0 Å². The Morgan fingerprint density at radius 1 is 1.04 bits per heavy atom. The zero-order valence-corrected chi connectivity index (χ0v) is 13.1. The van der Waals surface area contributed by atoms with Crippen molar-refractivity contribution in [3.8, 4) is 11.5 Å². The van der Waals surface area contributed by atoms with Crippen molar-refractivity contribution < 1.29 is 30.1 Å². The molecule has 0 aliphatic carbocycles. The minimum Gasteiger partial charge on any atom is -0.868 e. The second kappa shape index (κ2) is 6.91. The quantitative estimate of drug-likeness (QED) is 0.540. The number of aliphatic hydroxyl groups is 3. The van der Waals surface area contributed by atoms with E-state index < -0.39 is 6.61 Å². The summed E-state index contributed by atoms with van der Waals surface area (Å²) in [4.78, 5) is 4.00.